The van der Waals surface area contributed by atoms with Crippen LogP contribution in [0.2, 0.25) is 0 Å². The highest BCUT2D eigenvalue weighted by Crippen LogP contribution is 2.29. The number of hydrogen-bond acceptors (Lipinski definition) is 2. The van der Waals surface area contributed by atoms with Gasteiger partial charge in [-0.3, -0.25) is 4.79 Å². The number of aromatic nitrogens is 2. The Bertz CT molecular complexity index is 1130. The van der Waals surface area contributed by atoms with Gasteiger partial charge in [0.1, 0.15) is 0 Å². The van der Waals surface area contributed by atoms with Crippen LogP contribution in [-0.4, -0.2) is 16.7 Å². The lowest BCUT2D eigenvalue weighted by molar-refractivity contribution is -0.684. The van der Waals surface area contributed by atoms with Crippen LogP contribution >= 0.6 is 0 Å². The smallest absolute Gasteiger partial charge is 0.305 e. The summed E-state index contributed by atoms with van der Waals surface area (Å²) < 4.78 is 4.11. The van der Waals surface area contributed by atoms with Gasteiger partial charge < -0.3 is 4.57 Å². The van der Waals surface area contributed by atoms with E-state index in [2.05, 4.69) is 58.4 Å². The van der Waals surface area contributed by atoms with Crippen molar-refractivity contribution < 1.29 is 9.36 Å². The number of para-hydroxylation sites is 1. The molecule has 1 N–H and O–H groups in total. The van der Waals surface area contributed by atoms with Crippen molar-refractivity contribution in [3.05, 3.63) is 78.6 Å². The molecule has 2 aromatic heterocycles. The Morgan fingerprint density at radius 1 is 1.04 bits per heavy atom. The Kier molecular flexibility index (Phi) is 4.66. The molecule has 1 amide bonds. The van der Waals surface area contributed by atoms with Crippen molar-refractivity contribution in [1.29, 1.82) is 0 Å². The summed E-state index contributed by atoms with van der Waals surface area (Å²) in [4.78, 5) is 12.0. The summed E-state index contributed by atoms with van der Waals surface area (Å²) in [6.07, 6.45) is 5.38. The number of amides is 1. The zero-order valence-electron chi connectivity index (χ0n) is 15.2. The molecule has 0 aliphatic carbocycles. The molecule has 4 rings (SSSR count). The fraction of sp³-hybridized carbons (Fsp3) is 0.136. The molecule has 0 atom stereocenters. The van der Waals surface area contributed by atoms with Gasteiger partial charge in [0.15, 0.2) is 12.4 Å². The van der Waals surface area contributed by atoms with Crippen LogP contribution < -0.4 is 9.99 Å². The molecule has 134 valence electrons. The van der Waals surface area contributed by atoms with E-state index < -0.39 is 0 Å². The predicted octanol–water partition coefficient (Wildman–Crippen LogP) is 3.25. The maximum atomic E-state index is 12.0. The largest absolute Gasteiger partial charge is 0.341 e. The van der Waals surface area contributed by atoms with E-state index in [0.29, 0.717) is 0 Å². The topological polar surface area (TPSA) is 50.3 Å². The lowest BCUT2D eigenvalue weighted by Gasteiger charge is -2.02. The van der Waals surface area contributed by atoms with Crippen molar-refractivity contribution in [3.8, 4) is 0 Å². The van der Waals surface area contributed by atoms with Gasteiger partial charge in [-0.25, -0.2) is 5.43 Å². The minimum Gasteiger partial charge on any atom is -0.341 e. The van der Waals surface area contributed by atoms with Crippen molar-refractivity contribution >= 4 is 33.9 Å². The lowest BCUT2D eigenvalue weighted by Crippen LogP contribution is -2.40. The number of aryl methyl sites for hydroxylation is 1. The third-order valence-corrected chi connectivity index (χ3v) is 4.62. The molecule has 27 heavy (non-hydrogen) atoms. The molecule has 4 aromatic rings. The van der Waals surface area contributed by atoms with Gasteiger partial charge in [0, 0.05) is 40.5 Å². The van der Waals surface area contributed by atoms with Gasteiger partial charge in [0.25, 0.3) is 0 Å². The van der Waals surface area contributed by atoms with Crippen molar-refractivity contribution in [2.45, 2.75) is 20.0 Å². The van der Waals surface area contributed by atoms with E-state index in [1.807, 2.05) is 36.7 Å². The van der Waals surface area contributed by atoms with Gasteiger partial charge in [0.05, 0.1) is 6.21 Å². The molecular formula is C22H21N4O+. The van der Waals surface area contributed by atoms with Crippen molar-refractivity contribution in [1.82, 2.24) is 9.99 Å². The summed E-state index contributed by atoms with van der Waals surface area (Å²) in [5, 5.41) is 6.53. The second-order valence-electron chi connectivity index (χ2n) is 6.38. The SMILES string of the molecule is CCn1c2ccccc2c2cc(C=NNC(=O)C[n+]3ccccc3)ccc21. The predicted molar refractivity (Wildman–Crippen MR) is 107 cm³/mol. The van der Waals surface area contributed by atoms with E-state index in [1.165, 1.54) is 21.8 Å². The highest BCUT2D eigenvalue weighted by Gasteiger charge is 2.09. The van der Waals surface area contributed by atoms with Crippen molar-refractivity contribution in [2.75, 3.05) is 0 Å². The van der Waals surface area contributed by atoms with Gasteiger partial charge >= 0.3 is 5.91 Å². The minimum atomic E-state index is -0.161. The monoisotopic (exact) mass is 357 g/mol. The van der Waals surface area contributed by atoms with Crippen LogP contribution in [0.25, 0.3) is 21.8 Å². The molecule has 5 nitrogen and oxygen atoms in total. The quantitative estimate of drug-likeness (QED) is 0.333. The zero-order chi connectivity index (χ0) is 18.6. The third kappa shape index (κ3) is 3.44. The molecule has 0 spiro atoms. The van der Waals surface area contributed by atoms with Crippen LogP contribution in [-0.2, 0) is 17.9 Å². The van der Waals surface area contributed by atoms with Crippen LogP contribution in [0.5, 0.6) is 0 Å². The van der Waals surface area contributed by atoms with E-state index >= 15 is 0 Å². The summed E-state index contributed by atoms with van der Waals surface area (Å²) in [7, 11) is 0. The van der Waals surface area contributed by atoms with E-state index in [9.17, 15) is 4.79 Å². The summed E-state index contributed by atoms with van der Waals surface area (Å²) in [5.41, 5.74) is 5.98. The number of hydrogen-bond donors (Lipinski definition) is 1. The first-order valence-electron chi connectivity index (χ1n) is 9.03. The fourth-order valence-electron chi connectivity index (χ4n) is 3.41. The molecule has 0 fully saturated rings. The van der Waals surface area contributed by atoms with Gasteiger partial charge in [-0.05, 0) is 30.7 Å². The average Bonchev–Trinajstić information content (AvgIpc) is 3.02. The van der Waals surface area contributed by atoms with Crippen LogP contribution in [0.3, 0.4) is 0 Å². The Morgan fingerprint density at radius 2 is 1.81 bits per heavy atom. The Hall–Kier alpha value is -3.47. The first kappa shape index (κ1) is 17.0. The lowest BCUT2D eigenvalue weighted by atomic mass is 10.1. The normalized spacial score (nSPS) is 11.4. The molecule has 0 aliphatic rings. The summed E-state index contributed by atoms with van der Waals surface area (Å²) in [5.74, 6) is -0.161. The van der Waals surface area contributed by atoms with Gasteiger partial charge in [-0.15, -0.1) is 0 Å². The molecular weight excluding hydrogens is 336 g/mol. The van der Waals surface area contributed by atoms with Crippen LogP contribution in [0, 0.1) is 0 Å². The molecule has 0 aliphatic heterocycles. The molecule has 2 heterocycles. The summed E-state index contributed by atoms with van der Waals surface area (Å²) in [6.45, 7) is 3.31. The zero-order valence-corrected chi connectivity index (χ0v) is 15.2. The van der Waals surface area contributed by atoms with Gasteiger partial charge in [-0.2, -0.15) is 9.67 Å². The number of carbonyl (C=O) groups is 1. The highest BCUT2D eigenvalue weighted by atomic mass is 16.2. The molecule has 0 radical (unpaired) electrons. The molecule has 5 heteroatoms. The van der Waals surface area contributed by atoms with E-state index in [4.69, 9.17) is 0 Å². The summed E-state index contributed by atoms with van der Waals surface area (Å²) >= 11 is 0. The van der Waals surface area contributed by atoms with Crippen LogP contribution in [0.1, 0.15) is 12.5 Å². The number of nitrogens with one attached hydrogen (secondary N) is 1. The van der Waals surface area contributed by atoms with Crippen molar-refractivity contribution in [3.63, 3.8) is 0 Å². The standard InChI is InChI=1S/C22H20N4O/c1-2-26-20-9-5-4-8-18(20)19-14-17(10-11-21(19)26)15-23-24-22(27)16-25-12-6-3-7-13-25/h3-15H,2,16H2,1H3/p+1. The van der Waals surface area contributed by atoms with Gasteiger partial charge in [0.2, 0.25) is 6.54 Å². The Labute approximate surface area is 157 Å². The second kappa shape index (κ2) is 7.41. The highest BCUT2D eigenvalue weighted by molar-refractivity contribution is 6.09. The minimum absolute atomic E-state index is 0.161. The first-order valence-corrected chi connectivity index (χ1v) is 9.03. The number of carbonyl (C=O) groups excluding carboxylic acids is 1. The molecule has 0 saturated carbocycles. The van der Waals surface area contributed by atoms with Gasteiger partial charge in [-0.1, -0.05) is 30.3 Å². The molecule has 0 saturated heterocycles. The van der Waals surface area contributed by atoms with E-state index in [1.54, 1.807) is 10.8 Å². The Balaban J connectivity index is 1.55. The number of fused-ring (bicyclic) bond motifs is 3. The Morgan fingerprint density at radius 3 is 2.63 bits per heavy atom. The average molecular weight is 357 g/mol. The summed E-state index contributed by atoms with van der Waals surface area (Å²) in [6, 6.07) is 20.4. The van der Waals surface area contributed by atoms with E-state index in [0.717, 1.165) is 12.1 Å². The molecule has 0 bridgehead atoms. The fourth-order valence-corrected chi connectivity index (χ4v) is 3.41. The first-order chi connectivity index (χ1) is 13.3. The maximum absolute atomic E-state index is 12.0. The number of benzene rings is 2. The van der Waals surface area contributed by atoms with Crippen LogP contribution in [0.15, 0.2) is 78.2 Å². The molecule has 0 unspecified atom stereocenters. The third-order valence-electron chi connectivity index (χ3n) is 4.62. The number of rotatable bonds is 5. The van der Waals surface area contributed by atoms with Crippen LogP contribution in [0.4, 0.5) is 0 Å². The molecule has 2 aromatic carbocycles. The number of pyridine rings is 1. The number of nitrogens with zero attached hydrogens (tertiary/aromatic N) is 3. The number of hydrazone groups is 1. The second-order valence-corrected chi connectivity index (χ2v) is 6.38. The van der Waals surface area contributed by atoms with E-state index in [-0.39, 0.29) is 12.5 Å². The maximum Gasteiger partial charge on any atom is 0.305 e. The van der Waals surface area contributed by atoms with Crippen molar-refractivity contribution in [2.24, 2.45) is 5.10 Å².